The van der Waals surface area contributed by atoms with E-state index in [9.17, 15) is 0 Å². The Morgan fingerprint density at radius 1 is 1.29 bits per heavy atom. The molecule has 0 saturated carbocycles. The lowest BCUT2D eigenvalue weighted by Crippen LogP contribution is -2.22. The third kappa shape index (κ3) is 4.44. The second-order valence-electron chi connectivity index (χ2n) is 4.87. The van der Waals surface area contributed by atoms with Crippen molar-refractivity contribution in [2.75, 3.05) is 6.54 Å². The molecule has 1 N–H and O–H groups in total. The average molecular weight is 298 g/mol. The van der Waals surface area contributed by atoms with Crippen molar-refractivity contribution in [2.45, 2.75) is 46.6 Å². The van der Waals surface area contributed by atoms with E-state index in [0.717, 1.165) is 12.5 Å². The highest BCUT2D eigenvalue weighted by Gasteiger charge is 2.14. The van der Waals surface area contributed by atoms with Crippen LogP contribution in [0.15, 0.2) is 22.7 Å². The SMILES string of the molecule is CCNC(CC(C)CC)c1ccc(Br)c(C)c1. The summed E-state index contributed by atoms with van der Waals surface area (Å²) < 4.78 is 1.19. The molecule has 0 aliphatic carbocycles. The van der Waals surface area contributed by atoms with Crippen molar-refractivity contribution in [3.05, 3.63) is 33.8 Å². The summed E-state index contributed by atoms with van der Waals surface area (Å²) in [5.74, 6) is 0.767. The molecule has 0 radical (unpaired) electrons. The van der Waals surface area contributed by atoms with Crippen LogP contribution in [-0.4, -0.2) is 6.54 Å². The standard InChI is InChI=1S/C15H24BrN/c1-5-11(3)9-15(17-6-2)13-7-8-14(16)12(4)10-13/h7-8,10-11,15,17H,5-6,9H2,1-4H3. The summed E-state index contributed by atoms with van der Waals surface area (Å²) in [5.41, 5.74) is 2.72. The van der Waals surface area contributed by atoms with Crippen molar-refractivity contribution in [3.8, 4) is 0 Å². The van der Waals surface area contributed by atoms with Gasteiger partial charge in [-0.2, -0.15) is 0 Å². The molecule has 2 heteroatoms. The van der Waals surface area contributed by atoms with E-state index in [-0.39, 0.29) is 0 Å². The van der Waals surface area contributed by atoms with Crippen LogP contribution in [0.5, 0.6) is 0 Å². The molecule has 0 aliphatic rings. The van der Waals surface area contributed by atoms with Crippen molar-refractivity contribution >= 4 is 15.9 Å². The Bertz CT molecular complexity index is 349. The number of halogens is 1. The molecule has 2 unspecified atom stereocenters. The molecular formula is C15H24BrN. The lowest BCUT2D eigenvalue weighted by atomic mass is 9.93. The second-order valence-corrected chi connectivity index (χ2v) is 5.72. The predicted octanol–water partition coefficient (Wildman–Crippen LogP) is 4.84. The number of rotatable bonds is 6. The lowest BCUT2D eigenvalue weighted by Gasteiger charge is -2.22. The fourth-order valence-electron chi connectivity index (χ4n) is 2.04. The average Bonchev–Trinajstić information content (AvgIpc) is 2.32. The van der Waals surface area contributed by atoms with E-state index in [0.29, 0.717) is 6.04 Å². The van der Waals surface area contributed by atoms with Gasteiger partial charge in [-0.3, -0.25) is 0 Å². The maximum absolute atomic E-state index is 3.60. The molecule has 0 bridgehead atoms. The number of aryl methyl sites for hydroxylation is 1. The molecule has 2 atom stereocenters. The van der Waals surface area contributed by atoms with Crippen LogP contribution in [0.1, 0.15) is 50.8 Å². The quantitative estimate of drug-likeness (QED) is 0.792. The van der Waals surface area contributed by atoms with Gasteiger partial charge in [0.15, 0.2) is 0 Å². The molecule has 0 spiro atoms. The van der Waals surface area contributed by atoms with E-state index in [1.54, 1.807) is 0 Å². The van der Waals surface area contributed by atoms with Gasteiger partial charge >= 0.3 is 0 Å². The number of benzene rings is 1. The van der Waals surface area contributed by atoms with Crippen LogP contribution in [-0.2, 0) is 0 Å². The van der Waals surface area contributed by atoms with E-state index in [4.69, 9.17) is 0 Å². The molecule has 17 heavy (non-hydrogen) atoms. The van der Waals surface area contributed by atoms with Crippen LogP contribution >= 0.6 is 15.9 Å². The summed E-state index contributed by atoms with van der Waals surface area (Å²) in [6.07, 6.45) is 2.46. The van der Waals surface area contributed by atoms with Crippen molar-refractivity contribution in [1.29, 1.82) is 0 Å². The second kappa shape index (κ2) is 7.17. The van der Waals surface area contributed by atoms with Gasteiger partial charge in [-0.25, -0.2) is 0 Å². The zero-order chi connectivity index (χ0) is 12.8. The highest BCUT2D eigenvalue weighted by Crippen LogP contribution is 2.26. The van der Waals surface area contributed by atoms with Crippen LogP contribution in [0.3, 0.4) is 0 Å². The molecule has 0 aromatic heterocycles. The van der Waals surface area contributed by atoms with Gasteiger partial charge in [0.2, 0.25) is 0 Å². The van der Waals surface area contributed by atoms with Crippen molar-refractivity contribution < 1.29 is 0 Å². The van der Waals surface area contributed by atoms with Gasteiger partial charge in [-0.15, -0.1) is 0 Å². The van der Waals surface area contributed by atoms with Crippen molar-refractivity contribution in [1.82, 2.24) is 5.32 Å². The van der Waals surface area contributed by atoms with E-state index >= 15 is 0 Å². The lowest BCUT2D eigenvalue weighted by molar-refractivity contribution is 0.408. The van der Waals surface area contributed by atoms with Crippen LogP contribution in [0, 0.1) is 12.8 Å². The van der Waals surface area contributed by atoms with E-state index < -0.39 is 0 Å². The summed E-state index contributed by atoms with van der Waals surface area (Å²) in [4.78, 5) is 0. The summed E-state index contributed by atoms with van der Waals surface area (Å²) in [5, 5.41) is 3.60. The minimum atomic E-state index is 0.488. The first-order valence-corrected chi connectivity index (χ1v) is 7.37. The van der Waals surface area contributed by atoms with Gasteiger partial charge in [0, 0.05) is 10.5 Å². The molecule has 0 heterocycles. The molecule has 0 fully saturated rings. The highest BCUT2D eigenvalue weighted by molar-refractivity contribution is 9.10. The summed E-state index contributed by atoms with van der Waals surface area (Å²) in [6.45, 7) is 9.95. The van der Waals surface area contributed by atoms with Crippen molar-refractivity contribution in [3.63, 3.8) is 0 Å². The third-order valence-corrected chi connectivity index (χ3v) is 4.26. The minimum Gasteiger partial charge on any atom is -0.310 e. The summed E-state index contributed by atoms with van der Waals surface area (Å²) in [6, 6.07) is 7.17. The molecular weight excluding hydrogens is 274 g/mol. The molecule has 1 aromatic carbocycles. The van der Waals surface area contributed by atoms with E-state index in [1.165, 1.54) is 28.4 Å². The predicted molar refractivity (Wildman–Crippen MR) is 79.4 cm³/mol. The smallest absolute Gasteiger partial charge is 0.0322 e. The van der Waals surface area contributed by atoms with E-state index in [2.05, 4.69) is 67.1 Å². The molecule has 0 aliphatic heterocycles. The number of nitrogens with one attached hydrogen (secondary N) is 1. The Morgan fingerprint density at radius 2 is 2.00 bits per heavy atom. The molecule has 1 aromatic rings. The number of hydrogen-bond acceptors (Lipinski definition) is 1. The number of hydrogen-bond donors (Lipinski definition) is 1. The van der Waals surface area contributed by atoms with Gasteiger partial charge in [-0.1, -0.05) is 55.3 Å². The first-order chi connectivity index (χ1) is 8.08. The normalized spacial score (nSPS) is 14.6. The fourth-order valence-corrected chi connectivity index (χ4v) is 2.28. The Balaban J connectivity index is 2.84. The van der Waals surface area contributed by atoms with Crippen LogP contribution in [0.2, 0.25) is 0 Å². The zero-order valence-electron chi connectivity index (χ0n) is 11.4. The first-order valence-electron chi connectivity index (χ1n) is 6.57. The minimum absolute atomic E-state index is 0.488. The first kappa shape index (κ1) is 14.7. The van der Waals surface area contributed by atoms with Crippen LogP contribution in [0.4, 0.5) is 0 Å². The Hall–Kier alpha value is -0.340. The largest absolute Gasteiger partial charge is 0.310 e. The Morgan fingerprint density at radius 3 is 2.53 bits per heavy atom. The van der Waals surface area contributed by atoms with Crippen molar-refractivity contribution in [2.24, 2.45) is 5.92 Å². The molecule has 0 amide bonds. The van der Waals surface area contributed by atoms with Gasteiger partial charge in [0.05, 0.1) is 0 Å². The maximum atomic E-state index is 3.60. The fraction of sp³-hybridized carbons (Fsp3) is 0.600. The van der Waals surface area contributed by atoms with Gasteiger partial charge in [0.25, 0.3) is 0 Å². The molecule has 1 nitrogen and oxygen atoms in total. The van der Waals surface area contributed by atoms with Crippen LogP contribution in [0.25, 0.3) is 0 Å². The molecule has 0 saturated heterocycles. The monoisotopic (exact) mass is 297 g/mol. The van der Waals surface area contributed by atoms with Gasteiger partial charge < -0.3 is 5.32 Å². The van der Waals surface area contributed by atoms with Crippen LogP contribution < -0.4 is 5.32 Å². The van der Waals surface area contributed by atoms with Gasteiger partial charge in [-0.05, 0) is 43.0 Å². The Labute approximate surface area is 114 Å². The van der Waals surface area contributed by atoms with E-state index in [1.807, 2.05) is 0 Å². The highest BCUT2D eigenvalue weighted by atomic mass is 79.9. The summed E-state index contributed by atoms with van der Waals surface area (Å²) >= 11 is 3.56. The topological polar surface area (TPSA) is 12.0 Å². The summed E-state index contributed by atoms with van der Waals surface area (Å²) in [7, 11) is 0. The zero-order valence-corrected chi connectivity index (χ0v) is 13.0. The van der Waals surface area contributed by atoms with Gasteiger partial charge in [0.1, 0.15) is 0 Å². The Kier molecular flexibility index (Phi) is 6.21. The molecule has 96 valence electrons. The maximum Gasteiger partial charge on any atom is 0.0322 e. The third-order valence-electron chi connectivity index (χ3n) is 3.37. The molecule has 1 rings (SSSR count).